The molecule has 0 aliphatic rings. The van der Waals surface area contributed by atoms with Gasteiger partial charge in [0, 0.05) is 5.56 Å². The Labute approximate surface area is 97.4 Å². The minimum absolute atomic E-state index is 0.114. The number of phenols is 2. The molecule has 0 spiro atoms. The quantitative estimate of drug-likeness (QED) is 0.740. The Morgan fingerprint density at radius 3 is 2.18 bits per heavy atom. The van der Waals surface area contributed by atoms with E-state index in [9.17, 15) is 9.90 Å². The molecule has 86 valence electrons. The van der Waals surface area contributed by atoms with E-state index in [0.717, 1.165) is 0 Å². The molecule has 0 saturated heterocycles. The highest BCUT2D eigenvalue weighted by Gasteiger charge is 2.13. The summed E-state index contributed by atoms with van der Waals surface area (Å²) in [4.78, 5) is 10.9. The number of para-hydroxylation sites is 1. The van der Waals surface area contributed by atoms with Gasteiger partial charge >= 0.3 is 5.97 Å². The fraction of sp³-hybridized carbons (Fsp3) is 0. The first-order valence-electron chi connectivity index (χ1n) is 4.94. The summed E-state index contributed by atoms with van der Waals surface area (Å²) in [5, 5.41) is 27.9. The van der Waals surface area contributed by atoms with Crippen molar-refractivity contribution in [3.8, 4) is 22.6 Å². The molecule has 0 fully saturated rings. The van der Waals surface area contributed by atoms with Gasteiger partial charge in [0.15, 0.2) is 0 Å². The van der Waals surface area contributed by atoms with E-state index in [1.807, 2.05) is 0 Å². The highest BCUT2D eigenvalue weighted by molar-refractivity contribution is 5.94. The predicted octanol–water partition coefficient (Wildman–Crippen LogP) is 2.46. The Kier molecular flexibility index (Phi) is 2.70. The molecule has 0 aromatic heterocycles. The SMILES string of the molecule is O=C(O)c1cccc(-c2ccc(O)cc2)c1O. The Hall–Kier alpha value is -2.49. The zero-order valence-electron chi connectivity index (χ0n) is 8.79. The Bertz CT molecular complexity index is 558. The maximum atomic E-state index is 10.9. The normalized spacial score (nSPS) is 10.1. The van der Waals surface area contributed by atoms with Crippen molar-refractivity contribution in [1.29, 1.82) is 0 Å². The van der Waals surface area contributed by atoms with Crippen LogP contribution in [0.1, 0.15) is 10.4 Å². The van der Waals surface area contributed by atoms with Crippen molar-refractivity contribution in [1.82, 2.24) is 0 Å². The lowest BCUT2D eigenvalue weighted by Crippen LogP contribution is -1.97. The molecule has 0 unspecified atom stereocenters. The van der Waals surface area contributed by atoms with Gasteiger partial charge in [-0.15, -0.1) is 0 Å². The monoisotopic (exact) mass is 230 g/mol. The summed E-state index contributed by atoms with van der Waals surface area (Å²) in [6.07, 6.45) is 0. The third-order valence-corrected chi connectivity index (χ3v) is 2.44. The van der Waals surface area contributed by atoms with Gasteiger partial charge in [-0.2, -0.15) is 0 Å². The van der Waals surface area contributed by atoms with Gasteiger partial charge in [-0.05, 0) is 23.8 Å². The molecule has 0 bridgehead atoms. The molecule has 17 heavy (non-hydrogen) atoms. The van der Waals surface area contributed by atoms with Crippen molar-refractivity contribution in [2.45, 2.75) is 0 Å². The summed E-state index contributed by atoms with van der Waals surface area (Å²) in [5.74, 6) is -1.34. The fourth-order valence-corrected chi connectivity index (χ4v) is 1.59. The molecule has 0 saturated carbocycles. The molecule has 0 radical (unpaired) electrons. The molecule has 0 aliphatic carbocycles. The number of hydrogen-bond donors (Lipinski definition) is 3. The standard InChI is InChI=1S/C13H10O4/c14-9-6-4-8(5-7-9)10-2-1-3-11(12(10)15)13(16)17/h1-7,14-15H,(H,16,17). The van der Waals surface area contributed by atoms with E-state index < -0.39 is 5.97 Å². The molecule has 0 atom stereocenters. The first-order chi connectivity index (χ1) is 8.09. The molecule has 4 heteroatoms. The van der Waals surface area contributed by atoms with Gasteiger partial charge in [-0.1, -0.05) is 24.3 Å². The molecule has 0 heterocycles. The smallest absolute Gasteiger partial charge is 0.339 e. The molecule has 2 aromatic carbocycles. The number of hydrogen-bond acceptors (Lipinski definition) is 3. The maximum Gasteiger partial charge on any atom is 0.339 e. The van der Waals surface area contributed by atoms with Crippen molar-refractivity contribution in [2.75, 3.05) is 0 Å². The van der Waals surface area contributed by atoms with Crippen LogP contribution in [0.5, 0.6) is 11.5 Å². The predicted molar refractivity (Wildman–Crippen MR) is 62.2 cm³/mol. The van der Waals surface area contributed by atoms with Crippen molar-refractivity contribution >= 4 is 5.97 Å². The van der Waals surface area contributed by atoms with Crippen LogP contribution in [0.2, 0.25) is 0 Å². The van der Waals surface area contributed by atoms with E-state index in [1.54, 1.807) is 24.3 Å². The van der Waals surface area contributed by atoms with E-state index in [-0.39, 0.29) is 17.1 Å². The summed E-state index contributed by atoms with van der Waals surface area (Å²) in [7, 11) is 0. The van der Waals surface area contributed by atoms with Crippen LogP contribution in [0.4, 0.5) is 0 Å². The highest BCUT2D eigenvalue weighted by atomic mass is 16.4. The molecule has 2 aromatic rings. The van der Waals surface area contributed by atoms with E-state index in [1.165, 1.54) is 18.2 Å². The van der Waals surface area contributed by atoms with Gasteiger partial charge in [-0.25, -0.2) is 4.79 Å². The second kappa shape index (κ2) is 4.17. The number of aromatic carboxylic acids is 1. The van der Waals surface area contributed by atoms with Crippen molar-refractivity contribution in [3.05, 3.63) is 48.0 Å². The Morgan fingerprint density at radius 2 is 1.59 bits per heavy atom. The Morgan fingerprint density at radius 1 is 0.941 bits per heavy atom. The van der Waals surface area contributed by atoms with Gasteiger partial charge in [0.05, 0.1) is 0 Å². The van der Waals surface area contributed by atoms with Crippen LogP contribution >= 0.6 is 0 Å². The molecule has 0 aliphatic heterocycles. The second-order valence-corrected chi connectivity index (χ2v) is 3.55. The average molecular weight is 230 g/mol. The zero-order chi connectivity index (χ0) is 12.4. The van der Waals surface area contributed by atoms with Crippen LogP contribution < -0.4 is 0 Å². The van der Waals surface area contributed by atoms with Crippen molar-refractivity contribution in [3.63, 3.8) is 0 Å². The van der Waals surface area contributed by atoms with Gasteiger partial charge < -0.3 is 15.3 Å². The number of phenolic OH excluding ortho intramolecular Hbond substituents is 1. The highest BCUT2D eigenvalue weighted by Crippen LogP contribution is 2.32. The first-order valence-corrected chi connectivity index (χ1v) is 4.94. The summed E-state index contributed by atoms with van der Waals surface area (Å²) in [5.41, 5.74) is 0.920. The fourth-order valence-electron chi connectivity index (χ4n) is 1.59. The topological polar surface area (TPSA) is 77.8 Å². The van der Waals surface area contributed by atoms with Gasteiger partial charge in [0.25, 0.3) is 0 Å². The number of carbonyl (C=O) groups is 1. The van der Waals surface area contributed by atoms with E-state index in [2.05, 4.69) is 0 Å². The van der Waals surface area contributed by atoms with Crippen LogP contribution in [-0.2, 0) is 0 Å². The van der Waals surface area contributed by atoms with Crippen LogP contribution in [0.15, 0.2) is 42.5 Å². The molecular weight excluding hydrogens is 220 g/mol. The molecule has 4 nitrogen and oxygen atoms in total. The average Bonchev–Trinajstić information content (AvgIpc) is 2.30. The van der Waals surface area contributed by atoms with E-state index in [4.69, 9.17) is 10.2 Å². The van der Waals surface area contributed by atoms with Crippen LogP contribution in [-0.4, -0.2) is 21.3 Å². The first kappa shape index (κ1) is 11.0. The number of carboxylic acid groups (broad SMARTS) is 1. The summed E-state index contributed by atoms with van der Waals surface area (Å²) in [6, 6.07) is 10.7. The number of carboxylic acids is 1. The number of rotatable bonds is 2. The summed E-state index contributed by atoms with van der Waals surface area (Å²) >= 11 is 0. The lowest BCUT2D eigenvalue weighted by atomic mass is 10.0. The molecular formula is C13H10O4. The lowest BCUT2D eigenvalue weighted by molar-refractivity contribution is 0.0694. The van der Waals surface area contributed by atoms with Crippen LogP contribution in [0.3, 0.4) is 0 Å². The lowest BCUT2D eigenvalue weighted by Gasteiger charge is -2.07. The molecule has 3 N–H and O–H groups in total. The largest absolute Gasteiger partial charge is 0.508 e. The van der Waals surface area contributed by atoms with Crippen LogP contribution in [0, 0.1) is 0 Å². The molecule has 0 amide bonds. The van der Waals surface area contributed by atoms with Gasteiger partial charge in [0.2, 0.25) is 0 Å². The third-order valence-electron chi connectivity index (χ3n) is 2.44. The third kappa shape index (κ3) is 2.06. The minimum Gasteiger partial charge on any atom is -0.508 e. The van der Waals surface area contributed by atoms with Crippen molar-refractivity contribution < 1.29 is 20.1 Å². The number of benzene rings is 2. The van der Waals surface area contributed by atoms with Gasteiger partial charge in [0.1, 0.15) is 17.1 Å². The number of aromatic hydroxyl groups is 2. The Balaban J connectivity index is 2.56. The van der Waals surface area contributed by atoms with E-state index in [0.29, 0.717) is 11.1 Å². The minimum atomic E-state index is -1.18. The van der Waals surface area contributed by atoms with Crippen molar-refractivity contribution in [2.24, 2.45) is 0 Å². The second-order valence-electron chi connectivity index (χ2n) is 3.55. The zero-order valence-corrected chi connectivity index (χ0v) is 8.79. The summed E-state index contributed by atoms with van der Waals surface area (Å²) < 4.78 is 0. The van der Waals surface area contributed by atoms with Gasteiger partial charge in [-0.3, -0.25) is 0 Å². The molecule has 2 rings (SSSR count). The van der Waals surface area contributed by atoms with Crippen LogP contribution in [0.25, 0.3) is 11.1 Å². The summed E-state index contributed by atoms with van der Waals surface area (Å²) in [6.45, 7) is 0. The maximum absolute atomic E-state index is 10.9. The van der Waals surface area contributed by atoms with E-state index >= 15 is 0 Å².